The van der Waals surface area contributed by atoms with Crippen LogP contribution in [0.15, 0.2) is 34.9 Å². The van der Waals surface area contributed by atoms with E-state index in [9.17, 15) is 0 Å². The molecule has 96 valence electrons. The summed E-state index contributed by atoms with van der Waals surface area (Å²) in [4.78, 5) is 4.29. The standard InChI is InChI=1S/C14H17ClN2O/c1-16-7-3-6-13-10-17-14(18-13)9-11-4-2-5-12(15)8-11/h2,4-5,8,10,16H,3,6-7,9H2,1H3. The lowest BCUT2D eigenvalue weighted by atomic mass is 10.1. The molecule has 1 aromatic heterocycles. The van der Waals surface area contributed by atoms with Gasteiger partial charge in [0, 0.05) is 17.9 Å². The maximum absolute atomic E-state index is 5.94. The largest absolute Gasteiger partial charge is 0.445 e. The SMILES string of the molecule is CNCCCc1cnc(Cc2cccc(Cl)c2)o1. The van der Waals surface area contributed by atoms with Crippen molar-refractivity contribution < 1.29 is 4.42 Å². The van der Waals surface area contributed by atoms with Gasteiger partial charge in [0.2, 0.25) is 0 Å². The highest BCUT2D eigenvalue weighted by molar-refractivity contribution is 6.30. The fourth-order valence-corrected chi connectivity index (χ4v) is 2.02. The first kappa shape index (κ1) is 13.1. The van der Waals surface area contributed by atoms with Crippen LogP contribution in [0, 0.1) is 0 Å². The van der Waals surface area contributed by atoms with Crippen LogP contribution in [-0.2, 0) is 12.8 Å². The van der Waals surface area contributed by atoms with Crippen LogP contribution in [0.25, 0.3) is 0 Å². The van der Waals surface area contributed by atoms with Crippen molar-refractivity contribution in [3.8, 4) is 0 Å². The molecule has 0 radical (unpaired) electrons. The quantitative estimate of drug-likeness (QED) is 0.815. The summed E-state index contributed by atoms with van der Waals surface area (Å²) in [6.07, 6.45) is 4.48. The molecule has 0 fully saturated rings. The number of oxazole rings is 1. The van der Waals surface area contributed by atoms with Gasteiger partial charge in [0.25, 0.3) is 0 Å². The summed E-state index contributed by atoms with van der Waals surface area (Å²) in [5.41, 5.74) is 1.12. The van der Waals surface area contributed by atoms with Crippen molar-refractivity contribution in [3.63, 3.8) is 0 Å². The smallest absolute Gasteiger partial charge is 0.198 e. The van der Waals surface area contributed by atoms with Crippen LogP contribution in [0.2, 0.25) is 5.02 Å². The van der Waals surface area contributed by atoms with E-state index in [0.717, 1.165) is 41.6 Å². The van der Waals surface area contributed by atoms with Crippen LogP contribution in [0.3, 0.4) is 0 Å². The molecule has 0 bridgehead atoms. The second kappa shape index (κ2) is 6.57. The van der Waals surface area contributed by atoms with Crippen molar-refractivity contribution in [2.75, 3.05) is 13.6 Å². The number of nitrogens with one attached hydrogen (secondary N) is 1. The molecule has 0 aliphatic heterocycles. The lowest BCUT2D eigenvalue weighted by Gasteiger charge is -1.98. The lowest BCUT2D eigenvalue weighted by Crippen LogP contribution is -2.08. The van der Waals surface area contributed by atoms with Crippen molar-refractivity contribution in [2.45, 2.75) is 19.3 Å². The van der Waals surface area contributed by atoms with Gasteiger partial charge in [-0.1, -0.05) is 23.7 Å². The van der Waals surface area contributed by atoms with Gasteiger partial charge in [0.05, 0.1) is 6.20 Å². The highest BCUT2D eigenvalue weighted by Crippen LogP contribution is 2.15. The zero-order valence-electron chi connectivity index (χ0n) is 10.4. The molecule has 0 amide bonds. The van der Waals surface area contributed by atoms with E-state index < -0.39 is 0 Å². The summed E-state index contributed by atoms with van der Waals surface area (Å²) in [6.45, 7) is 0.990. The average Bonchev–Trinajstić information content (AvgIpc) is 2.77. The van der Waals surface area contributed by atoms with Crippen molar-refractivity contribution in [2.24, 2.45) is 0 Å². The van der Waals surface area contributed by atoms with E-state index in [1.807, 2.05) is 37.5 Å². The predicted molar refractivity (Wildman–Crippen MR) is 73.0 cm³/mol. The van der Waals surface area contributed by atoms with E-state index in [-0.39, 0.29) is 0 Å². The van der Waals surface area contributed by atoms with Crippen molar-refractivity contribution in [3.05, 3.63) is 52.7 Å². The Hall–Kier alpha value is -1.32. The number of halogens is 1. The summed E-state index contributed by atoms with van der Waals surface area (Å²) in [7, 11) is 1.95. The Balaban J connectivity index is 1.94. The molecule has 0 saturated carbocycles. The molecule has 0 saturated heterocycles. The Morgan fingerprint density at radius 1 is 1.39 bits per heavy atom. The molecule has 1 heterocycles. The molecule has 0 unspecified atom stereocenters. The van der Waals surface area contributed by atoms with E-state index in [1.165, 1.54) is 0 Å². The Labute approximate surface area is 112 Å². The van der Waals surface area contributed by atoms with Gasteiger partial charge in [0.15, 0.2) is 5.89 Å². The predicted octanol–water partition coefficient (Wildman–Crippen LogP) is 3.07. The number of benzene rings is 1. The Kier molecular flexibility index (Phi) is 4.79. The molecule has 0 spiro atoms. The first-order valence-corrected chi connectivity index (χ1v) is 6.48. The van der Waals surface area contributed by atoms with E-state index in [2.05, 4.69) is 10.3 Å². The van der Waals surface area contributed by atoms with E-state index in [0.29, 0.717) is 6.42 Å². The number of rotatable bonds is 6. The minimum absolute atomic E-state index is 0.687. The number of aryl methyl sites for hydroxylation is 1. The Morgan fingerprint density at radius 2 is 2.28 bits per heavy atom. The maximum Gasteiger partial charge on any atom is 0.198 e. The number of aromatic nitrogens is 1. The topological polar surface area (TPSA) is 38.1 Å². The second-order valence-electron chi connectivity index (χ2n) is 4.23. The molecule has 0 aliphatic carbocycles. The van der Waals surface area contributed by atoms with Crippen molar-refractivity contribution >= 4 is 11.6 Å². The van der Waals surface area contributed by atoms with Crippen LogP contribution in [0.4, 0.5) is 0 Å². The van der Waals surface area contributed by atoms with E-state index >= 15 is 0 Å². The molecule has 1 aromatic carbocycles. The van der Waals surface area contributed by atoms with Crippen LogP contribution < -0.4 is 5.32 Å². The third-order valence-corrected chi connectivity index (χ3v) is 2.93. The zero-order valence-corrected chi connectivity index (χ0v) is 11.2. The molecule has 3 nitrogen and oxygen atoms in total. The Bertz CT molecular complexity index is 496. The molecule has 2 rings (SSSR count). The highest BCUT2D eigenvalue weighted by Gasteiger charge is 2.05. The van der Waals surface area contributed by atoms with Gasteiger partial charge < -0.3 is 9.73 Å². The van der Waals surface area contributed by atoms with Gasteiger partial charge in [-0.3, -0.25) is 0 Å². The minimum Gasteiger partial charge on any atom is -0.445 e. The van der Waals surface area contributed by atoms with Crippen LogP contribution in [0.5, 0.6) is 0 Å². The number of hydrogen-bond donors (Lipinski definition) is 1. The van der Waals surface area contributed by atoms with Crippen molar-refractivity contribution in [1.29, 1.82) is 0 Å². The van der Waals surface area contributed by atoms with Crippen LogP contribution >= 0.6 is 11.6 Å². The van der Waals surface area contributed by atoms with Gasteiger partial charge in [0.1, 0.15) is 5.76 Å². The zero-order chi connectivity index (χ0) is 12.8. The molecule has 18 heavy (non-hydrogen) atoms. The van der Waals surface area contributed by atoms with Gasteiger partial charge >= 0.3 is 0 Å². The van der Waals surface area contributed by atoms with Crippen LogP contribution in [-0.4, -0.2) is 18.6 Å². The van der Waals surface area contributed by atoms with Gasteiger partial charge in [-0.25, -0.2) is 4.98 Å². The van der Waals surface area contributed by atoms with Gasteiger partial charge in [-0.05, 0) is 37.7 Å². The first-order chi connectivity index (χ1) is 8.78. The summed E-state index contributed by atoms with van der Waals surface area (Å²) < 4.78 is 5.69. The maximum atomic E-state index is 5.94. The fraction of sp³-hybridized carbons (Fsp3) is 0.357. The van der Waals surface area contributed by atoms with E-state index in [4.69, 9.17) is 16.0 Å². The number of hydrogen-bond acceptors (Lipinski definition) is 3. The fourth-order valence-electron chi connectivity index (χ4n) is 1.81. The summed E-state index contributed by atoms with van der Waals surface area (Å²) >= 11 is 5.94. The molecule has 0 atom stereocenters. The van der Waals surface area contributed by atoms with Crippen molar-refractivity contribution in [1.82, 2.24) is 10.3 Å². The van der Waals surface area contributed by atoms with Crippen LogP contribution in [0.1, 0.15) is 23.6 Å². The summed E-state index contributed by atoms with van der Waals surface area (Å²) in [5.74, 6) is 1.69. The highest BCUT2D eigenvalue weighted by atomic mass is 35.5. The molecular weight excluding hydrogens is 248 g/mol. The lowest BCUT2D eigenvalue weighted by molar-refractivity contribution is 0.457. The van der Waals surface area contributed by atoms with E-state index in [1.54, 1.807) is 0 Å². The monoisotopic (exact) mass is 264 g/mol. The summed E-state index contributed by atoms with van der Waals surface area (Å²) in [5, 5.41) is 3.86. The normalized spacial score (nSPS) is 10.8. The molecule has 1 N–H and O–H groups in total. The minimum atomic E-state index is 0.687. The first-order valence-electron chi connectivity index (χ1n) is 6.10. The number of nitrogens with zero attached hydrogens (tertiary/aromatic N) is 1. The molecule has 0 aliphatic rings. The third-order valence-electron chi connectivity index (χ3n) is 2.70. The summed E-state index contributed by atoms with van der Waals surface area (Å²) in [6, 6.07) is 7.77. The van der Waals surface area contributed by atoms with Gasteiger partial charge in [-0.2, -0.15) is 0 Å². The van der Waals surface area contributed by atoms with Gasteiger partial charge in [-0.15, -0.1) is 0 Å². The molecular formula is C14H17ClN2O. The second-order valence-corrected chi connectivity index (χ2v) is 4.67. The third kappa shape index (κ3) is 3.86. The average molecular weight is 265 g/mol. The molecule has 2 aromatic rings. The molecule has 4 heteroatoms. The Morgan fingerprint density at radius 3 is 3.06 bits per heavy atom.